The molecule has 1 atom stereocenters. The molecule has 2 N–H and O–H groups in total. The third kappa shape index (κ3) is 1.94. The molecule has 3 heterocycles. The summed E-state index contributed by atoms with van der Waals surface area (Å²) < 4.78 is 31.4. The summed E-state index contributed by atoms with van der Waals surface area (Å²) in [5.74, 6) is -0.294. The van der Waals surface area contributed by atoms with Gasteiger partial charge in [0.05, 0.1) is 0 Å². The Morgan fingerprint density at radius 2 is 2.05 bits per heavy atom. The number of imide groups is 1. The molecular formula is C11H14N4O5S. The number of aryl methyl sites for hydroxylation is 2. The first-order valence-electron chi connectivity index (χ1n) is 6.33. The van der Waals surface area contributed by atoms with Crippen molar-refractivity contribution in [3.05, 3.63) is 11.5 Å². The predicted octanol–water partition coefficient (Wildman–Crippen LogP) is -0.736. The molecule has 9 nitrogen and oxygen atoms in total. The van der Waals surface area contributed by atoms with E-state index in [-0.39, 0.29) is 35.9 Å². The number of nitrogens with zero attached hydrogens (tertiary/aromatic N) is 2. The van der Waals surface area contributed by atoms with Crippen LogP contribution >= 0.6 is 0 Å². The Labute approximate surface area is 120 Å². The highest BCUT2D eigenvalue weighted by molar-refractivity contribution is 7.89. The molecule has 1 spiro atoms. The summed E-state index contributed by atoms with van der Waals surface area (Å²) >= 11 is 0. The number of aromatic nitrogens is 1. The van der Waals surface area contributed by atoms with Gasteiger partial charge in [0.1, 0.15) is 16.1 Å². The van der Waals surface area contributed by atoms with E-state index in [1.807, 2.05) is 0 Å². The molecule has 0 aromatic carbocycles. The highest BCUT2D eigenvalue weighted by Crippen LogP contribution is 2.31. The third-order valence-electron chi connectivity index (χ3n) is 3.81. The minimum absolute atomic E-state index is 0.0179. The number of rotatable bonds is 2. The smallest absolute Gasteiger partial charge is 0.322 e. The van der Waals surface area contributed by atoms with Crippen LogP contribution in [0.5, 0.6) is 0 Å². The molecule has 21 heavy (non-hydrogen) atoms. The van der Waals surface area contributed by atoms with Gasteiger partial charge in [0.15, 0.2) is 5.76 Å². The molecule has 0 aliphatic carbocycles. The van der Waals surface area contributed by atoms with Crippen molar-refractivity contribution in [3.63, 3.8) is 0 Å². The van der Waals surface area contributed by atoms with Gasteiger partial charge in [-0.3, -0.25) is 10.1 Å². The van der Waals surface area contributed by atoms with Gasteiger partial charge in [-0.2, -0.15) is 4.31 Å². The van der Waals surface area contributed by atoms with Crippen molar-refractivity contribution in [1.82, 2.24) is 20.1 Å². The maximum atomic E-state index is 12.6. The minimum atomic E-state index is -3.82. The van der Waals surface area contributed by atoms with Crippen LogP contribution in [0.3, 0.4) is 0 Å². The van der Waals surface area contributed by atoms with E-state index >= 15 is 0 Å². The number of sulfonamides is 1. The predicted molar refractivity (Wildman–Crippen MR) is 68.8 cm³/mol. The summed E-state index contributed by atoms with van der Waals surface area (Å²) in [6, 6.07) is -0.600. The van der Waals surface area contributed by atoms with Crippen molar-refractivity contribution in [2.75, 3.05) is 13.1 Å². The van der Waals surface area contributed by atoms with Gasteiger partial charge >= 0.3 is 6.03 Å². The lowest BCUT2D eigenvalue weighted by Crippen LogP contribution is -2.49. The topological polar surface area (TPSA) is 122 Å². The Morgan fingerprint density at radius 1 is 1.33 bits per heavy atom. The van der Waals surface area contributed by atoms with Crippen LogP contribution in [0, 0.1) is 13.8 Å². The molecule has 3 amide bonds. The van der Waals surface area contributed by atoms with Crippen LogP contribution in [0.4, 0.5) is 4.79 Å². The van der Waals surface area contributed by atoms with E-state index in [1.54, 1.807) is 6.92 Å². The summed E-state index contributed by atoms with van der Waals surface area (Å²) in [6.45, 7) is 3.10. The van der Waals surface area contributed by atoms with Gasteiger partial charge in [0, 0.05) is 13.1 Å². The lowest BCUT2D eigenvalue weighted by molar-refractivity contribution is -0.123. The normalized spacial score (nSPS) is 26.4. The summed E-state index contributed by atoms with van der Waals surface area (Å²) in [4.78, 5) is 23.1. The Kier molecular flexibility index (Phi) is 2.85. The van der Waals surface area contributed by atoms with Gasteiger partial charge < -0.3 is 9.84 Å². The zero-order valence-corrected chi connectivity index (χ0v) is 12.3. The average Bonchev–Trinajstić information content (AvgIpc) is 3.02. The van der Waals surface area contributed by atoms with Gasteiger partial charge in [-0.05, 0) is 20.3 Å². The fourth-order valence-electron chi connectivity index (χ4n) is 2.77. The second kappa shape index (κ2) is 4.28. The first kappa shape index (κ1) is 14.0. The average molecular weight is 314 g/mol. The summed E-state index contributed by atoms with van der Waals surface area (Å²) in [5, 5.41) is 8.29. The first-order chi connectivity index (χ1) is 9.76. The highest BCUT2D eigenvalue weighted by atomic mass is 32.2. The zero-order valence-electron chi connectivity index (χ0n) is 11.5. The molecule has 1 aromatic rings. The van der Waals surface area contributed by atoms with Crippen molar-refractivity contribution in [1.29, 1.82) is 0 Å². The molecule has 0 bridgehead atoms. The van der Waals surface area contributed by atoms with E-state index in [0.717, 1.165) is 0 Å². The van der Waals surface area contributed by atoms with Gasteiger partial charge in [-0.1, -0.05) is 5.16 Å². The molecule has 0 saturated carbocycles. The molecule has 114 valence electrons. The van der Waals surface area contributed by atoms with E-state index < -0.39 is 27.5 Å². The fraction of sp³-hybridized carbons (Fsp3) is 0.545. The van der Waals surface area contributed by atoms with E-state index in [9.17, 15) is 18.0 Å². The molecule has 0 radical (unpaired) electrons. The van der Waals surface area contributed by atoms with Gasteiger partial charge in [-0.15, -0.1) is 0 Å². The zero-order chi connectivity index (χ0) is 15.4. The first-order valence-corrected chi connectivity index (χ1v) is 7.77. The van der Waals surface area contributed by atoms with E-state index in [2.05, 4.69) is 15.8 Å². The highest BCUT2D eigenvalue weighted by Gasteiger charge is 2.53. The molecule has 1 aromatic heterocycles. The number of urea groups is 1. The standard InChI is InChI=1S/C11H14N4O5S/c1-6-8(7(2)20-14-6)21(18,19)15-4-3-11(5-15)9(16)12-10(17)13-11/h3-5H2,1-2H3,(H2,12,13,16,17). The number of carbonyl (C=O) groups excluding carboxylic acids is 2. The van der Waals surface area contributed by atoms with Crippen molar-refractivity contribution in [2.45, 2.75) is 30.7 Å². The molecule has 10 heteroatoms. The number of amides is 3. The maximum absolute atomic E-state index is 12.6. The van der Waals surface area contributed by atoms with Crippen LogP contribution in [-0.4, -0.2) is 48.4 Å². The van der Waals surface area contributed by atoms with Gasteiger partial charge in [0.25, 0.3) is 5.91 Å². The van der Waals surface area contributed by atoms with Crippen LogP contribution < -0.4 is 10.6 Å². The summed E-state index contributed by atoms with van der Waals surface area (Å²) in [7, 11) is -3.82. The van der Waals surface area contributed by atoms with E-state index in [1.165, 1.54) is 11.2 Å². The Morgan fingerprint density at radius 3 is 2.57 bits per heavy atom. The van der Waals surface area contributed by atoms with Crippen molar-refractivity contribution < 1.29 is 22.5 Å². The lowest BCUT2D eigenvalue weighted by atomic mass is 10.00. The molecule has 2 aliphatic rings. The largest absolute Gasteiger partial charge is 0.360 e. The molecule has 2 aliphatic heterocycles. The maximum Gasteiger partial charge on any atom is 0.322 e. The molecule has 2 saturated heterocycles. The molecule has 3 rings (SSSR count). The van der Waals surface area contributed by atoms with E-state index in [0.29, 0.717) is 0 Å². The van der Waals surface area contributed by atoms with Crippen molar-refractivity contribution in [3.8, 4) is 0 Å². The van der Waals surface area contributed by atoms with Crippen LogP contribution in [0.2, 0.25) is 0 Å². The van der Waals surface area contributed by atoms with Crippen molar-refractivity contribution >= 4 is 22.0 Å². The number of hydrogen-bond acceptors (Lipinski definition) is 6. The summed E-state index contributed by atoms with van der Waals surface area (Å²) in [6.07, 6.45) is 0.229. The fourth-order valence-corrected chi connectivity index (χ4v) is 4.56. The van der Waals surface area contributed by atoms with Gasteiger partial charge in [-0.25, -0.2) is 13.2 Å². The van der Waals surface area contributed by atoms with Crippen molar-refractivity contribution in [2.24, 2.45) is 0 Å². The number of hydrogen-bond donors (Lipinski definition) is 2. The van der Waals surface area contributed by atoms with Crippen LogP contribution in [-0.2, 0) is 14.8 Å². The van der Waals surface area contributed by atoms with Gasteiger partial charge in [0.2, 0.25) is 10.0 Å². The minimum Gasteiger partial charge on any atom is -0.360 e. The number of nitrogens with one attached hydrogen (secondary N) is 2. The van der Waals surface area contributed by atoms with E-state index in [4.69, 9.17) is 4.52 Å². The Bertz CT molecular complexity index is 720. The lowest BCUT2D eigenvalue weighted by Gasteiger charge is -2.20. The second-order valence-corrected chi connectivity index (χ2v) is 7.11. The Balaban J connectivity index is 1.93. The molecule has 2 fully saturated rings. The van der Waals surface area contributed by atoms with Crippen LogP contribution in [0.1, 0.15) is 17.9 Å². The monoisotopic (exact) mass is 314 g/mol. The number of carbonyl (C=O) groups is 2. The molecule has 1 unspecified atom stereocenters. The molecular weight excluding hydrogens is 300 g/mol. The second-order valence-electron chi connectivity index (χ2n) is 5.23. The van der Waals surface area contributed by atoms with Crippen LogP contribution in [0.15, 0.2) is 9.42 Å². The quantitative estimate of drug-likeness (QED) is 0.694. The SMILES string of the molecule is Cc1noc(C)c1S(=O)(=O)N1CCC2(C1)NC(=O)NC2=O. The summed E-state index contributed by atoms with van der Waals surface area (Å²) in [5.41, 5.74) is -0.906. The Hall–Kier alpha value is -1.94. The van der Waals surface area contributed by atoms with Crippen LogP contribution in [0.25, 0.3) is 0 Å². The third-order valence-corrected chi connectivity index (χ3v) is 5.90.